The molecule has 0 radical (unpaired) electrons. The van der Waals surface area contributed by atoms with Gasteiger partial charge in [-0.3, -0.25) is 0 Å². The first-order valence-corrected chi connectivity index (χ1v) is 5.28. The molecule has 0 aliphatic rings. The Morgan fingerprint density at radius 3 is 2.47 bits per heavy atom. The summed E-state index contributed by atoms with van der Waals surface area (Å²) in [7, 11) is 0. The van der Waals surface area contributed by atoms with Crippen LogP contribution in [0.3, 0.4) is 0 Å². The van der Waals surface area contributed by atoms with Gasteiger partial charge in [0.15, 0.2) is 5.75 Å². The molecule has 0 aliphatic heterocycles. The van der Waals surface area contributed by atoms with Crippen molar-refractivity contribution in [2.75, 3.05) is 11.1 Å². The zero-order valence-corrected chi connectivity index (χ0v) is 9.61. The van der Waals surface area contributed by atoms with Crippen molar-refractivity contribution in [1.82, 2.24) is 4.98 Å². The lowest BCUT2D eigenvalue weighted by Crippen LogP contribution is -2.17. The molecule has 0 bridgehead atoms. The molecule has 0 fully saturated rings. The number of ether oxygens (including phenoxy) is 1. The molecule has 0 aliphatic carbocycles. The van der Waals surface area contributed by atoms with Crippen LogP contribution in [0.5, 0.6) is 5.75 Å². The van der Waals surface area contributed by atoms with Crippen LogP contribution < -0.4 is 15.8 Å². The van der Waals surface area contributed by atoms with Crippen LogP contribution in [0, 0.1) is 0 Å². The van der Waals surface area contributed by atoms with E-state index >= 15 is 0 Å². The number of nitrogens with two attached hydrogens (primary N) is 1. The Morgan fingerprint density at radius 2 is 1.79 bits per heavy atom. The maximum absolute atomic E-state index is 12.2. The first-order valence-electron chi connectivity index (χ1n) is 5.28. The highest BCUT2D eigenvalue weighted by molar-refractivity contribution is 5.64. The smallest absolute Gasteiger partial charge is 0.404 e. The number of alkyl halides is 3. The maximum atomic E-state index is 12.2. The Hall–Kier alpha value is -2.44. The van der Waals surface area contributed by atoms with Crippen LogP contribution >= 0.6 is 0 Å². The van der Waals surface area contributed by atoms with Crippen molar-refractivity contribution in [1.29, 1.82) is 0 Å². The van der Waals surface area contributed by atoms with Gasteiger partial charge in [0.05, 0.1) is 5.69 Å². The second kappa shape index (κ2) is 5.05. The molecule has 1 aromatic carbocycles. The molecular formula is C12H10F3N3O. The van der Waals surface area contributed by atoms with Gasteiger partial charge in [0.1, 0.15) is 11.6 Å². The number of pyridine rings is 1. The molecule has 1 heterocycles. The molecule has 100 valence electrons. The highest BCUT2D eigenvalue weighted by Gasteiger charge is 2.32. The Balaban J connectivity index is 2.25. The molecule has 19 heavy (non-hydrogen) atoms. The molecule has 7 heteroatoms. The van der Waals surface area contributed by atoms with Gasteiger partial charge in [0.2, 0.25) is 0 Å². The van der Waals surface area contributed by atoms with Crippen molar-refractivity contribution in [3.8, 4) is 5.75 Å². The van der Waals surface area contributed by atoms with Crippen molar-refractivity contribution in [3.05, 3.63) is 42.5 Å². The average Bonchev–Trinajstić information content (AvgIpc) is 2.30. The van der Waals surface area contributed by atoms with Gasteiger partial charge in [0.25, 0.3) is 0 Å². The third-order valence-corrected chi connectivity index (χ3v) is 2.15. The molecule has 2 rings (SSSR count). The third kappa shape index (κ3) is 3.77. The van der Waals surface area contributed by atoms with Gasteiger partial charge in [-0.1, -0.05) is 18.2 Å². The minimum absolute atomic E-state index is 0.151. The minimum atomic E-state index is -4.75. The molecule has 2 aromatic rings. The van der Waals surface area contributed by atoms with Gasteiger partial charge in [-0.15, -0.1) is 13.2 Å². The van der Waals surface area contributed by atoms with Gasteiger partial charge in [-0.2, -0.15) is 0 Å². The zero-order valence-electron chi connectivity index (χ0n) is 9.61. The Labute approximate surface area is 107 Å². The Kier molecular flexibility index (Phi) is 3.46. The maximum Gasteiger partial charge on any atom is 0.573 e. The first kappa shape index (κ1) is 13.0. The number of rotatable bonds is 3. The van der Waals surface area contributed by atoms with E-state index in [-0.39, 0.29) is 17.3 Å². The highest BCUT2D eigenvalue weighted by atomic mass is 19.4. The summed E-state index contributed by atoms with van der Waals surface area (Å²) < 4.78 is 40.6. The van der Waals surface area contributed by atoms with Gasteiger partial charge < -0.3 is 15.8 Å². The molecule has 0 saturated carbocycles. The van der Waals surface area contributed by atoms with E-state index in [9.17, 15) is 13.2 Å². The number of para-hydroxylation sites is 2. The predicted molar refractivity (Wildman–Crippen MR) is 65.1 cm³/mol. The van der Waals surface area contributed by atoms with E-state index in [2.05, 4.69) is 15.0 Å². The van der Waals surface area contributed by atoms with E-state index in [1.807, 2.05) is 0 Å². The number of nitrogens with zero attached hydrogens (tertiary/aromatic N) is 1. The predicted octanol–water partition coefficient (Wildman–Crippen LogP) is 3.31. The summed E-state index contributed by atoms with van der Waals surface area (Å²) in [5.41, 5.74) is 5.64. The quantitative estimate of drug-likeness (QED) is 0.897. The molecule has 0 spiro atoms. The van der Waals surface area contributed by atoms with Crippen molar-refractivity contribution in [2.45, 2.75) is 6.36 Å². The number of benzene rings is 1. The number of nitrogen functional groups attached to an aromatic ring is 1. The fourth-order valence-electron chi connectivity index (χ4n) is 1.44. The second-order valence-electron chi connectivity index (χ2n) is 3.62. The van der Waals surface area contributed by atoms with Crippen molar-refractivity contribution in [2.24, 2.45) is 0 Å². The van der Waals surface area contributed by atoms with Gasteiger partial charge in [-0.05, 0) is 24.3 Å². The van der Waals surface area contributed by atoms with Crippen LogP contribution in [-0.4, -0.2) is 11.3 Å². The van der Waals surface area contributed by atoms with Crippen LogP contribution in [-0.2, 0) is 0 Å². The number of halogens is 3. The largest absolute Gasteiger partial charge is 0.573 e. The van der Waals surface area contributed by atoms with E-state index in [0.717, 1.165) is 0 Å². The Bertz CT molecular complexity index is 572. The zero-order chi connectivity index (χ0) is 13.9. The fraction of sp³-hybridized carbons (Fsp3) is 0.0833. The summed E-state index contributed by atoms with van der Waals surface area (Å²) in [5.74, 6) is 0.261. The van der Waals surface area contributed by atoms with E-state index in [0.29, 0.717) is 5.82 Å². The SMILES string of the molecule is Nc1cccc(Nc2ccccc2OC(F)(F)F)n1. The van der Waals surface area contributed by atoms with Crippen molar-refractivity contribution >= 4 is 17.3 Å². The van der Waals surface area contributed by atoms with Gasteiger partial charge in [-0.25, -0.2) is 4.98 Å². The van der Waals surface area contributed by atoms with Gasteiger partial charge in [0, 0.05) is 0 Å². The van der Waals surface area contributed by atoms with Crippen LogP contribution in [0.1, 0.15) is 0 Å². The number of anilines is 3. The normalized spacial score (nSPS) is 11.1. The van der Waals surface area contributed by atoms with E-state index in [1.165, 1.54) is 18.2 Å². The molecule has 0 atom stereocenters. The number of hydrogen-bond donors (Lipinski definition) is 2. The summed E-state index contributed by atoms with van der Waals surface area (Å²) in [6.07, 6.45) is -4.75. The summed E-state index contributed by atoms with van der Waals surface area (Å²) in [6, 6.07) is 10.5. The molecule has 3 N–H and O–H groups in total. The number of hydrogen-bond acceptors (Lipinski definition) is 4. The summed E-state index contributed by atoms with van der Waals surface area (Å²) in [4.78, 5) is 3.94. The topological polar surface area (TPSA) is 60.2 Å². The second-order valence-corrected chi connectivity index (χ2v) is 3.62. The van der Waals surface area contributed by atoms with E-state index < -0.39 is 6.36 Å². The molecule has 0 saturated heterocycles. The lowest BCUT2D eigenvalue weighted by atomic mass is 10.3. The van der Waals surface area contributed by atoms with Crippen LogP contribution in [0.15, 0.2) is 42.5 Å². The monoisotopic (exact) mass is 269 g/mol. The lowest BCUT2D eigenvalue weighted by molar-refractivity contribution is -0.274. The van der Waals surface area contributed by atoms with Crippen LogP contribution in [0.2, 0.25) is 0 Å². The summed E-state index contributed by atoms with van der Waals surface area (Å²) in [5, 5.41) is 2.72. The van der Waals surface area contributed by atoms with Crippen LogP contribution in [0.25, 0.3) is 0 Å². The molecule has 0 amide bonds. The average molecular weight is 269 g/mol. The first-order chi connectivity index (χ1) is 8.94. The number of nitrogens with one attached hydrogen (secondary N) is 1. The van der Waals surface area contributed by atoms with Crippen molar-refractivity contribution < 1.29 is 17.9 Å². The fourth-order valence-corrected chi connectivity index (χ4v) is 1.44. The summed E-state index contributed by atoms with van der Waals surface area (Å²) in [6.45, 7) is 0. The lowest BCUT2D eigenvalue weighted by Gasteiger charge is -2.14. The number of aromatic nitrogens is 1. The molecule has 4 nitrogen and oxygen atoms in total. The van der Waals surface area contributed by atoms with E-state index in [4.69, 9.17) is 5.73 Å². The highest BCUT2D eigenvalue weighted by Crippen LogP contribution is 2.31. The van der Waals surface area contributed by atoms with Crippen LogP contribution in [0.4, 0.5) is 30.5 Å². The van der Waals surface area contributed by atoms with E-state index in [1.54, 1.807) is 24.3 Å². The minimum Gasteiger partial charge on any atom is -0.404 e. The van der Waals surface area contributed by atoms with Gasteiger partial charge >= 0.3 is 6.36 Å². The standard InChI is InChI=1S/C12H10F3N3O/c13-12(14,15)19-9-5-2-1-4-8(9)17-11-7-3-6-10(16)18-11/h1-7H,(H3,16,17,18). The molecular weight excluding hydrogens is 259 g/mol. The van der Waals surface area contributed by atoms with Crippen molar-refractivity contribution in [3.63, 3.8) is 0 Å². The summed E-state index contributed by atoms with van der Waals surface area (Å²) >= 11 is 0. The molecule has 1 aromatic heterocycles. The Morgan fingerprint density at radius 1 is 1.05 bits per heavy atom. The third-order valence-electron chi connectivity index (χ3n) is 2.15. The molecule has 0 unspecified atom stereocenters.